The Hall–Kier alpha value is -2.61. The smallest absolute Gasteiger partial charge is 0.118 e. The Labute approximate surface area is 136 Å². The number of hydrogen-bond acceptors (Lipinski definition) is 2. The van der Waals surface area contributed by atoms with Gasteiger partial charge in [0.05, 0.1) is 12.8 Å². The van der Waals surface area contributed by atoms with Gasteiger partial charge >= 0.3 is 0 Å². The fourth-order valence-electron chi connectivity index (χ4n) is 2.85. The predicted octanol–water partition coefficient (Wildman–Crippen LogP) is 5.30. The van der Waals surface area contributed by atoms with Gasteiger partial charge in [0.1, 0.15) is 5.75 Å². The third-order valence-corrected chi connectivity index (χ3v) is 4.33. The molecule has 1 heterocycles. The van der Waals surface area contributed by atoms with E-state index in [4.69, 9.17) is 9.72 Å². The summed E-state index contributed by atoms with van der Waals surface area (Å²) in [7, 11) is 1.69. The summed E-state index contributed by atoms with van der Waals surface area (Å²) in [6.07, 6.45) is 2.51. The summed E-state index contributed by atoms with van der Waals surface area (Å²) in [5.74, 6) is 1.51. The lowest BCUT2D eigenvalue weighted by molar-refractivity contribution is 0.415. The molecule has 4 rings (SSSR count). The van der Waals surface area contributed by atoms with E-state index in [0.29, 0.717) is 5.92 Å². The number of ether oxygens (including phenoxy) is 1. The van der Waals surface area contributed by atoms with Gasteiger partial charge in [-0.2, -0.15) is 0 Å². The third-order valence-electron chi connectivity index (χ3n) is 4.33. The molecule has 2 heteroatoms. The fraction of sp³-hybridized carbons (Fsp3) is 0.190. The number of nitrogens with zero attached hydrogens (tertiary/aromatic N) is 1. The Kier molecular flexibility index (Phi) is 3.58. The van der Waals surface area contributed by atoms with E-state index in [2.05, 4.69) is 54.6 Å². The lowest BCUT2D eigenvalue weighted by Gasteiger charge is -2.10. The summed E-state index contributed by atoms with van der Waals surface area (Å²) in [6, 6.07) is 23.1. The maximum absolute atomic E-state index is 5.25. The van der Waals surface area contributed by atoms with Gasteiger partial charge in [0.25, 0.3) is 0 Å². The van der Waals surface area contributed by atoms with Gasteiger partial charge in [-0.3, -0.25) is 4.98 Å². The zero-order chi connectivity index (χ0) is 15.6. The molecule has 0 spiro atoms. The Morgan fingerprint density at radius 3 is 2.22 bits per heavy atom. The van der Waals surface area contributed by atoms with Gasteiger partial charge in [0, 0.05) is 17.2 Å². The molecule has 1 fully saturated rings. The van der Waals surface area contributed by atoms with Gasteiger partial charge in [-0.1, -0.05) is 30.3 Å². The molecule has 0 N–H and O–H groups in total. The highest BCUT2D eigenvalue weighted by Gasteiger charge is 2.26. The second-order valence-corrected chi connectivity index (χ2v) is 6.03. The molecule has 1 aliphatic carbocycles. The van der Waals surface area contributed by atoms with E-state index in [1.807, 2.05) is 12.1 Å². The summed E-state index contributed by atoms with van der Waals surface area (Å²) in [6.45, 7) is 0. The van der Waals surface area contributed by atoms with Crippen LogP contribution < -0.4 is 4.74 Å². The topological polar surface area (TPSA) is 22.1 Å². The van der Waals surface area contributed by atoms with Crippen molar-refractivity contribution in [2.24, 2.45) is 0 Å². The summed E-state index contributed by atoms with van der Waals surface area (Å²) in [5, 5.41) is 0. The van der Waals surface area contributed by atoms with E-state index >= 15 is 0 Å². The lowest BCUT2D eigenvalue weighted by Crippen LogP contribution is -1.93. The maximum atomic E-state index is 5.25. The zero-order valence-corrected chi connectivity index (χ0v) is 13.2. The van der Waals surface area contributed by atoms with Crippen LogP contribution in [0.25, 0.3) is 22.4 Å². The molecule has 114 valence electrons. The molecule has 1 saturated carbocycles. The van der Waals surface area contributed by atoms with Gasteiger partial charge in [0.15, 0.2) is 0 Å². The monoisotopic (exact) mass is 301 g/mol. The Morgan fingerprint density at radius 2 is 1.57 bits per heavy atom. The first kappa shape index (κ1) is 14.0. The average Bonchev–Trinajstić information content (AvgIpc) is 3.47. The van der Waals surface area contributed by atoms with E-state index in [1.54, 1.807) is 7.11 Å². The van der Waals surface area contributed by atoms with Crippen molar-refractivity contribution in [1.82, 2.24) is 4.98 Å². The molecule has 0 amide bonds. The maximum Gasteiger partial charge on any atom is 0.118 e. The van der Waals surface area contributed by atoms with Crippen LogP contribution in [0.4, 0.5) is 0 Å². The quantitative estimate of drug-likeness (QED) is 0.652. The Balaban J connectivity index is 1.80. The van der Waals surface area contributed by atoms with Crippen LogP contribution in [0.15, 0.2) is 66.7 Å². The minimum absolute atomic E-state index is 0.635. The van der Waals surface area contributed by atoms with E-state index in [1.165, 1.54) is 29.7 Å². The second-order valence-electron chi connectivity index (χ2n) is 6.03. The van der Waals surface area contributed by atoms with Gasteiger partial charge < -0.3 is 4.74 Å². The van der Waals surface area contributed by atoms with Gasteiger partial charge in [-0.05, 0) is 60.4 Å². The standard InChI is InChI=1S/C21H19NO/c1-23-19-11-9-17(10-12-19)21-14-18(15-5-3-2-4-6-15)13-20(22-21)16-7-8-16/h2-6,9-14,16H,7-8H2,1H3. The van der Waals surface area contributed by atoms with Crippen molar-refractivity contribution in [3.63, 3.8) is 0 Å². The highest BCUT2D eigenvalue weighted by molar-refractivity contribution is 5.71. The number of hydrogen-bond donors (Lipinski definition) is 0. The lowest BCUT2D eigenvalue weighted by atomic mass is 10.0. The Morgan fingerprint density at radius 1 is 0.826 bits per heavy atom. The third kappa shape index (κ3) is 2.98. The average molecular weight is 301 g/mol. The molecular weight excluding hydrogens is 282 g/mol. The normalized spacial score (nSPS) is 13.8. The van der Waals surface area contributed by atoms with Crippen LogP contribution in [-0.4, -0.2) is 12.1 Å². The van der Waals surface area contributed by atoms with Crippen LogP contribution in [0.2, 0.25) is 0 Å². The van der Waals surface area contributed by atoms with Crippen LogP contribution >= 0.6 is 0 Å². The van der Waals surface area contributed by atoms with Crippen LogP contribution in [-0.2, 0) is 0 Å². The molecular formula is C21H19NO. The number of methoxy groups -OCH3 is 1. The SMILES string of the molecule is COc1ccc(-c2cc(-c3ccccc3)cc(C3CC3)n2)cc1. The molecule has 23 heavy (non-hydrogen) atoms. The summed E-state index contributed by atoms with van der Waals surface area (Å²) in [4.78, 5) is 4.91. The highest BCUT2D eigenvalue weighted by atomic mass is 16.5. The number of aromatic nitrogens is 1. The zero-order valence-electron chi connectivity index (χ0n) is 13.2. The molecule has 2 aromatic carbocycles. The van der Waals surface area contributed by atoms with E-state index in [-0.39, 0.29) is 0 Å². The highest BCUT2D eigenvalue weighted by Crippen LogP contribution is 2.41. The number of rotatable bonds is 4. The first-order valence-electron chi connectivity index (χ1n) is 8.05. The Bertz CT molecular complexity index is 805. The summed E-state index contributed by atoms with van der Waals surface area (Å²) in [5.41, 5.74) is 5.87. The van der Waals surface area contributed by atoms with Gasteiger partial charge in [0.2, 0.25) is 0 Å². The van der Waals surface area contributed by atoms with Crippen molar-refractivity contribution < 1.29 is 4.74 Å². The van der Waals surface area contributed by atoms with E-state index < -0.39 is 0 Å². The van der Waals surface area contributed by atoms with Crippen molar-refractivity contribution in [2.75, 3.05) is 7.11 Å². The molecule has 0 radical (unpaired) electrons. The molecule has 0 atom stereocenters. The molecule has 0 saturated heterocycles. The van der Waals surface area contributed by atoms with Crippen molar-refractivity contribution in [2.45, 2.75) is 18.8 Å². The number of pyridine rings is 1. The first-order valence-corrected chi connectivity index (χ1v) is 8.05. The molecule has 0 unspecified atom stereocenters. The first-order chi connectivity index (χ1) is 11.3. The van der Waals surface area contributed by atoms with Crippen molar-refractivity contribution in [3.05, 3.63) is 72.4 Å². The van der Waals surface area contributed by atoms with E-state index in [0.717, 1.165) is 17.0 Å². The van der Waals surface area contributed by atoms with Crippen LogP contribution in [0.3, 0.4) is 0 Å². The summed E-state index contributed by atoms with van der Waals surface area (Å²) < 4.78 is 5.25. The molecule has 1 aliphatic rings. The van der Waals surface area contributed by atoms with Crippen molar-refractivity contribution in [3.8, 4) is 28.1 Å². The van der Waals surface area contributed by atoms with E-state index in [9.17, 15) is 0 Å². The molecule has 3 aromatic rings. The minimum atomic E-state index is 0.635. The van der Waals surface area contributed by atoms with Crippen LogP contribution in [0.5, 0.6) is 5.75 Å². The minimum Gasteiger partial charge on any atom is -0.497 e. The molecule has 1 aromatic heterocycles. The number of benzene rings is 2. The van der Waals surface area contributed by atoms with Gasteiger partial charge in [-0.25, -0.2) is 0 Å². The van der Waals surface area contributed by atoms with Crippen LogP contribution in [0.1, 0.15) is 24.5 Å². The second kappa shape index (κ2) is 5.88. The van der Waals surface area contributed by atoms with Gasteiger partial charge in [-0.15, -0.1) is 0 Å². The summed E-state index contributed by atoms with van der Waals surface area (Å²) >= 11 is 0. The molecule has 0 bridgehead atoms. The molecule has 2 nitrogen and oxygen atoms in total. The van der Waals surface area contributed by atoms with Crippen LogP contribution in [0, 0.1) is 0 Å². The predicted molar refractivity (Wildman–Crippen MR) is 93.6 cm³/mol. The fourth-order valence-corrected chi connectivity index (χ4v) is 2.85. The van der Waals surface area contributed by atoms with Crippen molar-refractivity contribution >= 4 is 0 Å². The largest absolute Gasteiger partial charge is 0.497 e. The van der Waals surface area contributed by atoms with Crippen molar-refractivity contribution in [1.29, 1.82) is 0 Å². The molecule has 0 aliphatic heterocycles.